The Bertz CT molecular complexity index is 1100. The number of urea groups is 1. The highest BCUT2D eigenvalue weighted by atomic mass is 16.5. The fraction of sp³-hybridized carbons (Fsp3) is 0.286. The molecule has 158 valence electrons. The SMILES string of the molecule is COCCn1nc(CNC(=O)Nc2ccc(OC)cc2OC)c2ccccc2c1=O. The zero-order chi connectivity index (χ0) is 21.5. The number of benzene rings is 2. The third kappa shape index (κ3) is 4.69. The van der Waals surface area contributed by atoms with Crippen molar-refractivity contribution >= 4 is 22.5 Å². The second-order valence-electron chi connectivity index (χ2n) is 6.39. The molecule has 9 nitrogen and oxygen atoms in total. The van der Waals surface area contributed by atoms with Crippen molar-refractivity contribution in [3.8, 4) is 11.5 Å². The quantitative estimate of drug-likeness (QED) is 0.589. The van der Waals surface area contributed by atoms with E-state index in [1.807, 2.05) is 12.1 Å². The molecule has 0 aliphatic carbocycles. The van der Waals surface area contributed by atoms with Crippen molar-refractivity contribution < 1.29 is 19.0 Å². The van der Waals surface area contributed by atoms with Crippen LogP contribution in [0.2, 0.25) is 0 Å². The van der Waals surface area contributed by atoms with E-state index in [-0.39, 0.29) is 12.1 Å². The number of amides is 2. The summed E-state index contributed by atoms with van der Waals surface area (Å²) in [6.45, 7) is 0.816. The fourth-order valence-corrected chi connectivity index (χ4v) is 3.00. The molecule has 0 aliphatic heterocycles. The van der Waals surface area contributed by atoms with Gasteiger partial charge >= 0.3 is 6.03 Å². The Morgan fingerprint density at radius 3 is 2.53 bits per heavy atom. The van der Waals surface area contributed by atoms with Gasteiger partial charge in [0, 0.05) is 18.6 Å². The van der Waals surface area contributed by atoms with Gasteiger partial charge in [0.05, 0.1) is 50.7 Å². The lowest BCUT2D eigenvalue weighted by Gasteiger charge is -2.14. The zero-order valence-electron chi connectivity index (χ0n) is 17.1. The Labute approximate surface area is 173 Å². The molecular formula is C21H24N4O5. The summed E-state index contributed by atoms with van der Waals surface area (Å²) in [6, 6.07) is 11.8. The van der Waals surface area contributed by atoms with Crippen molar-refractivity contribution in [1.82, 2.24) is 15.1 Å². The van der Waals surface area contributed by atoms with E-state index in [1.165, 1.54) is 11.8 Å². The van der Waals surface area contributed by atoms with Crippen LogP contribution in [0, 0.1) is 0 Å². The van der Waals surface area contributed by atoms with E-state index in [9.17, 15) is 9.59 Å². The normalized spacial score (nSPS) is 10.6. The van der Waals surface area contributed by atoms with Crippen LogP contribution in [-0.2, 0) is 17.8 Å². The van der Waals surface area contributed by atoms with Gasteiger partial charge in [0.15, 0.2) is 0 Å². The molecule has 30 heavy (non-hydrogen) atoms. The van der Waals surface area contributed by atoms with E-state index < -0.39 is 6.03 Å². The van der Waals surface area contributed by atoms with Gasteiger partial charge in [-0.05, 0) is 18.2 Å². The molecule has 1 aromatic heterocycles. The number of rotatable bonds is 8. The predicted molar refractivity (Wildman–Crippen MR) is 113 cm³/mol. The van der Waals surface area contributed by atoms with Crippen LogP contribution in [0.3, 0.4) is 0 Å². The summed E-state index contributed by atoms with van der Waals surface area (Å²) in [6.07, 6.45) is 0. The van der Waals surface area contributed by atoms with Gasteiger partial charge in [0.25, 0.3) is 5.56 Å². The van der Waals surface area contributed by atoms with Crippen molar-refractivity contribution in [3.63, 3.8) is 0 Å². The molecule has 0 bridgehead atoms. The van der Waals surface area contributed by atoms with E-state index in [2.05, 4.69) is 15.7 Å². The largest absolute Gasteiger partial charge is 0.497 e. The summed E-state index contributed by atoms with van der Waals surface area (Å²) in [5.41, 5.74) is 0.885. The standard InChI is InChI=1S/C21H24N4O5/c1-28-11-10-25-20(26)16-7-5-4-6-15(16)18(24-25)13-22-21(27)23-17-9-8-14(29-2)12-19(17)30-3/h4-9,12H,10-11,13H2,1-3H3,(H2,22,23,27). The first-order valence-corrected chi connectivity index (χ1v) is 9.32. The number of anilines is 1. The lowest BCUT2D eigenvalue weighted by atomic mass is 10.1. The minimum atomic E-state index is -0.431. The van der Waals surface area contributed by atoms with Crippen LogP contribution in [0.25, 0.3) is 10.8 Å². The molecule has 3 aromatic rings. The Kier molecular flexibility index (Phi) is 6.87. The van der Waals surface area contributed by atoms with E-state index in [0.717, 1.165) is 0 Å². The molecule has 0 aliphatic rings. The van der Waals surface area contributed by atoms with Crippen molar-refractivity contribution in [1.29, 1.82) is 0 Å². The molecule has 1 heterocycles. The zero-order valence-corrected chi connectivity index (χ0v) is 17.1. The minimum Gasteiger partial charge on any atom is -0.497 e. The summed E-state index contributed by atoms with van der Waals surface area (Å²) >= 11 is 0. The number of ether oxygens (including phenoxy) is 3. The maximum atomic E-state index is 12.6. The minimum absolute atomic E-state index is 0.137. The summed E-state index contributed by atoms with van der Waals surface area (Å²) in [7, 11) is 4.63. The number of carbonyl (C=O) groups excluding carboxylic acids is 1. The molecule has 2 amide bonds. The average molecular weight is 412 g/mol. The summed E-state index contributed by atoms with van der Waals surface area (Å²) in [4.78, 5) is 25.1. The van der Waals surface area contributed by atoms with Crippen LogP contribution in [0.5, 0.6) is 11.5 Å². The van der Waals surface area contributed by atoms with Crippen molar-refractivity contribution in [2.75, 3.05) is 33.3 Å². The Morgan fingerprint density at radius 2 is 1.83 bits per heavy atom. The second-order valence-corrected chi connectivity index (χ2v) is 6.39. The maximum absolute atomic E-state index is 12.6. The molecule has 2 N–H and O–H groups in total. The van der Waals surface area contributed by atoms with Crippen LogP contribution in [-0.4, -0.2) is 43.7 Å². The monoisotopic (exact) mass is 412 g/mol. The predicted octanol–water partition coefficient (Wildman–Crippen LogP) is 2.38. The molecule has 0 saturated carbocycles. The Morgan fingerprint density at radius 1 is 1.07 bits per heavy atom. The van der Waals surface area contributed by atoms with E-state index in [0.29, 0.717) is 46.8 Å². The van der Waals surface area contributed by atoms with Gasteiger partial charge in [-0.15, -0.1) is 0 Å². The molecule has 2 aromatic carbocycles. The number of nitrogens with zero attached hydrogens (tertiary/aromatic N) is 2. The number of hydrogen-bond acceptors (Lipinski definition) is 6. The highest BCUT2D eigenvalue weighted by molar-refractivity contribution is 5.91. The third-order valence-corrected chi connectivity index (χ3v) is 4.52. The lowest BCUT2D eigenvalue weighted by molar-refractivity contribution is 0.181. The van der Waals surface area contributed by atoms with Gasteiger partial charge in [-0.3, -0.25) is 4.79 Å². The van der Waals surface area contributed by atoms with Crippen molar-refractivity contribution in [3.05, 3.63) is 58.5 Å². The smallest absolute Gasteiger partial charge is 0.319 e. The molecule has 0 spiro atoms. The number of hydrogen-bond donors (Lipinski definition) is 2. The lowest BCUT2D eigenvalue weighted by Crippen LogP contribution is -2.31. The highest BCUT2D eigenvalue weighted by Crippen LogP contribution is 2.28. The third-order valence-electron chi connectivity index (χ3n) is 4.52. The molecule has 0 saturated heterocycles. The van der Waals surface area contributed by atoms with Gasteiger partial charge in [-0.1, -0.05) is 18.2 Å². The van der Waals surface area contributed by atoms with Crippen LogP contribution in [0.4, 0.5) is 10.5 Å². The Balaban J connectivity index is 1.79. The van der Waals surface area contributed by atoms with Gasteiger partial charge in [0.1, 0.15) is 11.5 Å². The van der Waals surface area contributed by atoms with Gasteiger partial charge in [-0.2, -0.15) is 5.10 Å². The number of methoxy groups -OCH3 is 3. The second kappa shape index (κ2) is 9.75. The first kappa shape index (κ1) is 21.1. The maximum Gasteiger partial charge on any atom is 0.319 e. The first-order chi connectivity index (χ1) is 14.6. The molecule has 0 atom stereocenters. The number of fused-ring (bicyclic) bond motifs is 1. The molecule has 0 fully saturated rings. The van der Waals surface area contributed by atoms with E-state index >= 15 is 0 Å². The molecule has 3 rings (SSSR count). The molecule has 0 radical (unpaired) electrons. The molecule has 9 heteroatoms. The van der Waals surface area contributed by atoms with Crippen LogP contribution in [0.1, 0.15) is 5.69 Å². The fourth-order valence-electron chi connectivity index (χ4n) is 3.00. The topological polar surface area (TPSA) is 104 Å². The summed E-state index contributed by atoms with van der Waals surface area (Å²) in [5.74, 6) is 1.09. The Hall–Kier alpha value is -3.59. The van der Waals surface area contributed by atoms with Gasteiger partial charge in [0.2, 0.25) is 0 Å². The molecular weight excluding hydrogens is 388 g/mol. The first-order valence-electron chi connectivity index (χ1n) is 9.32. The van der Waals surface area contributed by atoms with Crippen molar-refractivity contribution in [2.45, 2.75) is 13.1 Å². The summed E-state index contributed by atoms with van der Waals surface area (Å²) < 4.78 is 16.9. The summed E-state index contributed by atoms with van der Waals surface area (Å²) in [5, 5.41) is 11.2. The van der Waals surface area contributed by atoms with E-state index in [4.69, 9.17) is 14.2 Å². The highest BCUT2D eigenvalue weighted by Gasteiger charge is 2.13. The molecule has 0 unspecified atom stereocenters. The van der Waals surface area contributed by atoms with Gasteiger partial charge < -0.3 is 24.8 Å². The number of carbonyl (C=O) groups is 1. The van der Waals surface area contributed by atoms with Crippen LogP contribution >= 0.6 is 0 Å². The number of aromatic nitrogens is 2. The van der Waals surface area contributed by atoms with Crippen LogP contribution < -0.4 is 25.7 Å². The van der Waals surface area contributed by atoms with Crippen molar-refractivity contribution in [2.24, 2.45) is 0 Å². The van der Waals surface area contributed by atoms with E-state index in [1.54, 1.807) is 44.6 Å². The average Bonchev–Trinajstić information content (AvgIpc) is 2.78. The number of nitrogens with one attached hydrogen (secondary N) is 2. The van der Waals surface area contributed by atoms with Crippen LogP contribution in [0.15, 0.2) is 47.3 Å². The van der Waals surface area contributed by atoms with Gasteiger partial charge in [-0.25, -0.2) is 9.48 Å².